The van der Waals surface area contributed by atoms with Crippen molar-refractivity contribution in [2.45, 2.75) is 30.6 Å². The van der Waals surface area contributed by atoms with Crippen LogP contribution < -0.4 is 5.32 Å². The topological polar surface area (TPSA) is 90.0 Å². The fraction of sp³-hybridized carbons (Fsp3) is 0.600. The lowest BCUT2D eigenvalue weighted by atomic mass is 9.92. The van der Waals surface area contributed by atoms with Crippen LogP contribution in [0, 0.1) is 0 Å². The molecular formula is C20H30N4O4S. The van der Waals surface area contributed by atoms with Crippen molar-refractivity contribution < 1.29 is 18.0 Å². The molecule has 1 heterocycles. The lowest BCUT2D eigenvalue weighted by Gasteiger charge is -2.34. The van der Waals surface area contributed by atoms with Crippen molar-refractivity contribution in [1.82, 2.24) is 19.4 Å². The number of carbonyl (C=O) groups is 2. The van der Waals surface area contributed by atoms with Crippen molar-refractivity contribution in [2.75, 3.05) is 53.4 Å². The van der Waals surface area contributed by atoms with Crippen LogP contribution in [0.15, 0.2) is 23.1 Å². The number of nitrogens with zero attached hydrogens (tertiary/aromatic N) is 3. The number of benzene rings is 1. The first-order valence-electron chi connectivity index (χ1n) is 10.1. The Hall–Kier alpha value is -1.97. The molecule has 0 saturated carbocycles. The van der Waals surface area contributed by atoms with E-state index in [4.69, 9.17) is 0 Å². The summed E-state index contributed by atoms with van der Waals surface area (Å²) < 4.78 is 27.6. The third-order valence-electron chi connectivity index (χ3n) is 5.73. The normalized spacial score (nSPS) is 18.1. The van der Waals surface area contributed by atoms with E-state index in [1.807, 2.05) is 17.0 Å². The third kappa shape index (κ3) is 5.15. The monoisotopic (exact) mass is 422 g/mol. The van der Waals surface area contributed by atoms with E-state index < -0.39 is 10.0 Å². The molecule has 2 aliphatic rings. The van der Waals surface area contributed by atoms with Crippen molar-refractivity contribution in [3.63, 3.8) is 0 Å². The van der Waals surface area contributed by atoms with Crippen molar-refractivity contribution in [1.29, 1.82) is 0 Å². The number of likely N-dealkylation sites (N-methyl/N-ethyl adjacent to an activating group) is 2. The molecule has 9 heteroatoms. The van der Waals surface area contributed by atoms with Crippen molar-refractivity contribution in [2.24, 2.45) is 0 Å². The van der Waals surface area contributed by atoms with E-state index in [2.05, 4.69) is 5.32 Å². The molecule has 2 amide bonds. The molecule has 160 valence electrons. The summed E-state index contributed by atoms with van der Waals surface area (Å²) >= 11 is 0. The minimum absolute atomic E-state index is 0.0159. The molecule has 29 heavy (non-hydrogen) atoms. The molecule has 1 N–H and O–H groups in total. The maximum absolute atomic E-state index is 13.1. The van der Waals surface area contributed by atoms with E-state index in [9.17, 15) is 18.0 Å². The van der Waals surface area contributed by atoms with E-state index in [0.29, 0.717) is 31.1 Å². The fourth-order valence-electron chi connectivity index (χ4n) is 3.84. The Morgan fingerprint density at radius 1 is 1.07 bits per heavy atom. The molecule has 0 atom stereocenters. The Morgan fingerprint density at radius 3 is 2.38 bits per heavy atom. The minimum atomic E-state index is -3.52. The largest absolute Gasteiger partial charge is 0.358 e. The van der Waals surface area contributed by atoms with Gasteiger partial charge >= 0.3 is 0 Å². The van der Waals surface area contributed by atoms with Gasteiger partial charge < -0.3 is 10.2 Å². The van der Waals surface area contributed by atoms with E-state index >= 15 is 0 Å². The molecule has 0 spiro atoms. The average Bonchev–Trinajstić information content (AvgIpc) is 2.73. The van der Waals surface area contributed by atoms with Gasteiger partial charge in [0.1, 0.15) is 0 Å². The van der Waals surface area contributed by atoms with Gasteiger partial charge in [0, 0.05) is 40.3 Å². The van der Waals surface area contributed by atoms with Crippen LogP contribution in [-0.2, 0) is 32.5 Å². The van der Waals surface area contributed by atoms with Crippen LogP contribution in [0.3, 0.4) is 0 Å². The standard InChI is InChI=1S/C20H30N4O4S/c1-21-19(25)14-22(2)20(26)15-23-9-11-24(12-10-23)29(27,28)18-8-7-16-5-3-4-6-17(16)13-18/h7-8,13H,3-6,9-12,14-15H2,1-2H3,(H,21,25). The van der Waals surface area contributed by atoms with Crippen LogP contribution >= 0.6 is 0 Å². The molecule has 1 saturated heterocycles. The average molecular weight is 423 g/mol. The third-order valence-corrected chi connectivity index (χ3v) is 7.63. The summed E-state index contributed by atoms with van der Waals surface area (Å²) in [4.78, 5) is 27.4. The second kappa shape index (κ2) is 9.23. The number of carbonyl (C=O) groups excluding carboxylic acids is 2. The highest BCUT2D eigenvalue weighted by atomic mass is 32.2. The summed E-state index contributed by atoms with van der Waals surface area (Å²) in [5, 5.41) is 2.49. The van der Waals surface area contributed by atoms with E-state index in [1.54, 1.807) is 13.1 Å². The maximum atomic E-state index is 13.1. The first-order chi connectivity index (χ1) is 13.8. The summed E-state index contributed by atoms with van der Waals surface area (Å²) in [6, 6.07) is 5.52. The molecule has 0 unspecified atom stereocenters. The van der Waals surface area contributed by atoms with Gasteiger partial charge in [-0.05, 0) is 48.9 Å². The van der Waals surface area contributed by atoms with Gasteiger partial charge in [0.15, 0.2) is 0 Å². The van der Waals surface area contributed by atoms with Gasteiger partial charge in [-0.1, -0.05) is 6.07 Å². The number of fused-ring (bicyclic) bond motifs is 1. The molecule has 1 fully saturated rings. The van der Waals surface area contributed by atoms with Gasteiger partial charge in [-0.2, -0.15) is 4.31 Å². The number of sulfonamides is 1. The molecular weight excluding hydrogens is 392 g/mol. The van der Waals surface area contributed by atoms with Crippen LogP contribution in [-0.4, -0.2) is 87.7 Å². The molecule has 0 bridgehead atoms. The molecule has 8 nitrogen and oxygen atoms in total. The van der Waals surface area contributed by atoms with Gasteiger partial charge in [-0.25, -0.2) is 8.42 Å². The smallest absolute Gasteiger partial charge is 0.243 e. The molecule has 0 aromatic heterocycles. The Labute approximate surface area is 172 Å². The Bertz CT molecular complexity index is 863. The number of amides is 2. The van der Waals surface area contributed by atoms with E-state index in [0.717, 1.165) is 31.2 Å². The van der Waals surface area contributed by atoms with Crippen molar-refractivity contribution in [3.05, 3.63) is 29.3 Å². The zero-order valence-electron chi connectivity index (χ0n) is 17.2. The van der Waals surface area contributed by atoms with Crippen molar-refractivity contribution >= 4 is 21.8 Å². The highest BCUT2D eigenvalue weighted by Crippen LogP contribution is 2.26. The van der Waals surface area contributed by atoms with Crippen LogP contribution in [0.2, 0.25) is 0 Å². The second-order valence-corrected chi connectivity index (χ2v) is 9.68. The van der Waals surface area contributed by atoms with Gasteiger partial charge in [0.25, 0.3) is 0 Å². The number of hydrogen-bond donors (Lipinski definition) is 1. The number of rotatable bonds is 6. The van der Waals surface area contributed by atoms with E-state index in [1.165, 1.54) is 21.8 Å². The van der Waals surface area contributed by atoms with Gasteiger partial charge in [0.2, 0.25) is 21.8 Å². The predicted molar refractivity (Wildman–Crippen MR) is 110 cm³/mol. The quantitative estimate of drug-likeness (QED) is 0.701. The molecule has 3 rings (SSSR count). The molecule has 1 aromatic rings. The van der Waals surface area contributed by atoms with Crippen LogP contribution in [0.4, 0.5) is 0 Å². The Balaban J connectivity index is 1.57. The van der Waals surface area contributed by atoms with Crippen LogP contribution in [0.1, 0.15) is 24.0 Å². The number of piperazine rings is 1. The lowest BCUT2D eigenvalue weighted by Crippen LogP contribution is -2.51. The number of aryl methyl sites for hydroxylation is 2. The number of hydrogen-bond acceptors (Lipinski definition) is 5. The molecule has 1 aromatic carbocycles. The molecule has 0 radical (unpaired) electrons. The summed E-state index contributed by atoms with van der Waals surface area (Å²) in [6.07, 6.45) is 4.24. The molecule has 1 aliphatic heterocycles. The first kappa shape index (κ1) is 21.7. The highest BCUT2D eigenvalue weighted by molar-refractivity contribution is 7.89. The van der Waals surface area contributed by atoms with Crippen LogP contribution in [0.25, 0.3) is 0 Å². The summed E-state index contributed by atoms with van der Waals surface area (Å²) in [7, 11) is -0.402. The fourth-order valence-corrected chi connectivity index (χ4v) is 5.32. The first-order valence-corrected chi connectivity index (χ1v) is 11.5. The summed E-state index contributed by atoms with van der Waals surface area (Å²) in [6.45, 7) is 1.88. The maximum Gasteiger partial charge on any atom is 0.243 e. The van der Waals surface area contributed by atoms with Crippen molar-refractivity contribution in [3.8, 4) is 0 Å². The Kier molecular flexibility index (Phi) is 6.92. The minimum Gasteiger partial charge on any atom is -0.358 e. The summed E-state index contributed by atoms with van der Waals surface area (Å²) in [5.74, 6) is -0.374. The Morgan fingerprint density at radius 2 is 1.72 bits per heavy atom. The zero-order chi connectivity index (χ0) is 21.0. The van der Waals surface area contributed by atoms with Crippen LogP contribution in [0.5, 0.6) is 0 Å². The predicted octanol–water partition coefficient (Wildman–Crippen LogP) is 0.0761. The highest BCUT2D eigenvalue weighted by Gasteiger charge is 2.30. The molecule has 1 aliphatic carbocycles. The number of nitrogens with one attached hydrogen (secondary N) is 1. The van der Waals surface area contributed by atoms with Gasteiger partial charge in [-0.15, -0.1) is 0 Å². The summed E-state index contributed by atoms with van der Waals surface area (Å²) in [5.41, 5.74) is 2.42. The van der Waals surface area contributed by atoms with E-state index in [-0.39, 0.29) is 24.9 Å². The lowest BCUT2D eigenvalue weighted by molar-refractivity contribution is -0.135. The zero-order valence-corrected chi connectivity index (χ0v) is 18.0. The SMILES string of the molecule is CNC(=O)CN(C)C(=O)CN1CCN(S(=O)(=O)c2ccc3c(c2)CCCC3)CC1. The van der Waals surface area contributed by atoms with Gasteiger partial charge in [-0.3, -0.25) is 14.5 Å². The van der Waals surface area contributed by atoms with Gasteiger partial charge in [0.05, 0.1) is 18.0 Å². The second-order valence-electron chi connectivity index (χ2n) is 7.74.